The van der Waals surface area contributed by atoms with Crippen molar-refractivity contribution in [2.45, 2.75) is 122 Å². The number of unbranched alkanes of at least 4 members (excludes halogenated alkanes) is 15. The van der Waals surface area contributed by atoms with E-state index in [9.17, 15) is 9.90 Å². The summed E-state index contributed by atoms with van der Waals surface area (Å²) < 4.78 is 11.2. The normalized spacial score (nSPS) is 12.4. The van der Waals surface area contributed by atoms with Crippen molar-refractivity contribution in [3.8, 4) is 0 Å². The Bertz CT molecular complexity index is 296. The lowest BCUT2D eigenvalue weighted by molar-refractivity contribution is -0.108. The highest BCUT2D eigenvalue weighted by atomic mass is 16.5. The van der Waals surface area contributed by atoms with E-state index in [2.05, 4.69) is 6.92 Å². The van der Waals surface area contributed by atoms with Gasteiger partial charge in [0.25, 0.3) is 0 Å². The van der Waals surface area contributed by atoms with Crippen molar-refractivity contribution < 1.29 is 19.4 Å². The SMILES string of the molecule is CCCCCCCCCCCCCCCCOCC(CO)OCCCCC=O. The minimum atomic E-state index is -0.233. The van der Waals surface area contributed by atoms with Crippen LogP contribution in [0.4, 0.5) is 0 Å². The Kier molecular flexibility index (Phi) is 24.2. The largest absolute Gasteiger partial charge is 0.394 e. The highest BCUT2D eigenvalue weighted by Crippen LogP contribution is 2.13. The Morgan fingerprint density at radius 2 is 1.21 bits per heavy atom. The van der Waals surface area contributed by atoms with Gasteiger partial charge in [-0.15, -0.1) is 0 Å². The predicted molar refractivity (Wildman–Crippen MR) is 118 cm³/mol. The van der Waals surface area contributed by atoms with Crippen LogP contribution >= 0.6 is 0 Å². The summed E-state index contributed by atoms with van der Waals surface area (Å²) in [6.45, 7) is 4.07. The van der Waals surface area contributed by atoms with Crippen LogP contribution in [-0.4, -0.2) is 43.9 Å². The molecule has 28 heavy (non-hydrogen) atoms. The first-order valence-electron chi connectivity index (χ1n) is 12.1. The summed E-state index contributed by atoms with van der Waals surface area (Å²) in [4.78, 5) is 10.2. The van der Waals surface area contributed by atoms with E-state index < -0.39 is 0 Å². The summed E-state index contributed by atoms with van der Waals surface area (Å²) >= 11 is 0. The average molecular weight is 401 g/mol. The van der Waals surface area contributed by atoms with Crippen LogP contribution in [0.3, 0.4) is 0 Å². The van der Waals surface area contributed by atoms with Gasteiger partial charge < -0.3 is 19.4 Å². The van der Waals surface area contributed by atoms with Crippen molar-refractivity contribution in [3.05, 3.63) is 0 Å². The summed E-state index contributed by atoms with van der Waals surface area (Å²) in [6.07, 6.45) is 22.0. The van der Waals surface area contributed by atoms with Crippen molar-refractivity contribution in [2.24, 2.45) is 0 Å². The molecule has 0 aromatic heterocycles. The van der Waals surface area contributed by atoms with Gasteiger partial charge >= 0.3 is 0 Å². The lowest BCUT2D eigenvalue weighted by Gasteiger charge is -2.15. The summed E-state index contributed by atoms with van der Waals surface area (Å²) in [6, 6.07) is 0. The van der Waals surface area contributed by atoms with Crippen molar-refractivity contribution in [1.82, 2.24) is 0 Å². The van der Waals surface area contributed by atoms with Crippen LogP contribution in [-0.2, 0) is 14.3 Å². The molecule has 0 aromatic rings. The summed E-state index contributed by atoms with van der Waals surface area (Å²) in [5.41, 5.74) is 0. The van der Waals surface area contributed by atoms with Gasteiger partial charge in [0.1, 0.15) is 12.4 Å². The molecule has 0 aliphatic carbocycles. The van der Waals surface area contributed by atoms with Crippen LogP contribution in [0.15, 0.2) is 0 Å². The molecule has 0 saturated heterocycles. The van der Waals surface area contributed by atoms with Crippen molar-refractivity contribution in [3.63, 3.8) is 0 Å². The standard InChI is InChI=1S/C24H48O4/c1-2-3-4-5-6-7-8-9-10-11-12-13-14-17-20-27-23-24(22-26)28-21-18-15-16-19-25/h19,24,26H,2-18,20-23H2,1H3. The summed E-state index contributed by atoms with van der Waals surface area (Å²) in [5.74, 6) is 0. The molecule has 1 unspecified atom stereocenters. The smallest absolute Gasteiger partial charge is 0.119 e. The van der Waals surface area contributed by atoms with Crippen LogP contribution < -0.4 is 0 Å². The minimum Gasteiger partial charge on any atom is -0.394 e. The van der Waals surface area contributed by atoms with E-state index in [0.29, 0.717) is 19.6 Å². The van der Waals surface area contributed by atoms with Crippen LogP contribution in [0.25, 0.3) is 0 Å². The highest BCUT2D eigenvalue weighted by Gasteiger charge is 2.07. The van der Waals surface area contributed by atoms with Crippen LogP contribution in [0.1, 0.15) is 116 Å². The average Bonchev–Trinajstić information content (AvgIpc) is 2.71. The van der Waals surface area contributed by atoms with E-state index in [-0.39, 0.29) is 12.7 Å². The summed E-state index contributed by atoms with van der Waals surface area (Å²) in [7, 11) is 0. The molecular weight excluding hydrogens is 352 g/mol. The molecule has 0 saturated carbocycles. The maximum absolute atomic E-state index is 10.2. The van der Waals surface area contributed by atoms with Gasteiger partial charge in [-0.3, -0.25) is 0 Å². The van der Waals surface area contributed by atoms with E-state index in [1.807, 2.05) is 0 Å². The van der Waals surface area contributed by atoms with Gasteiger partial charge in [0.15, 0.2) is 0 Å². The van der Waals surface area contributed by atoms with Crippen LogP contribution in [0.2, 0.25) is 0 Å². The Balaban J connectivity index is 3.20. The molecule has 0 spiro atoms. The third-order valence-corrected chi connectivity index (χ3v) is 5.22. The second kappa shape index (κ2) is 24.6. The quantitative estimate of drug-likeness (QED) is 0.154. The van der Waals surface area contributed by atoms with Crippen molar-refractivity contribution in [2.75, 3.05) is 26.4 Å². The maximum Gasteiger partial charge on any atom is 0.119 e. The van der Waals surface area contributed by atoms with Gasteiger partial charge in [-0.1, -0.05) is 90.4 Å². The molecule has 1 atom stereocenters. The molecular formula is C24H48O4. The number of rotatable bonds is 24. The number of carbonyl (C=O) groups is 1. The lowest BCUT2D eigenvalue weighted by Crippen LogP contribution is -2.24. The fourth-order valence-electron chi connectivity index (χ4n) is 3.35. The number of hydrogen-bond donors (Lipinski definition) is 1. The predicted octanol–water partition coefficient (Wildman–Crippen LogP) is 6.23. The van der Waals surface area contributed by atoms with Crippen LogP contribution in [0, 0.1) is 0 Å². The fraction of sp³-hybridized carbons (Fsp3) is 0.958. The number of aliphatic hydroxyl groups excluding tert-OH is 1. The summed E-state index contributed by atoms with van der Waals surface area (Å²) in [5, 5.41) is 9.29. The zero-order valence-corrected chi connectivity index (χ0v) is 18.7. The second-order valence-electron chi connectivity index (χ2n) is 8.01. The van der Waals surface area contributed by atoms with Gasteiger partial charge in [0.2, 0.25) is 0 Å². The Morgan fingerprint density at radius 1 is 0.714 bits per heavy atom. The Hall–Kier alpha value is -0.450. The van der Waals surface area contributed by atoms with Gasteiger partial charge in [0, 0.05) is 19.6 Å². The third kappa shape index (κ3) is 21.8. The lowest BCUT2D eigenvalue weighted by atomic mass is 10.0. The van der Waals surface area contributed by atoms with Gasteiger partial charge in [-0.2, -0.15) is 0 Å². The van der Waals surface area contributed by atoms with Gasteiger partial charge in [-0.25, -0.2) is 0 Å². The second-order valence-corrected chi connectivity index (χ2v) is 8.01. The molecule has 0 heterocycles. The van der Waals surface area contributed by atoms with Crippen molar-refractivity contribution >= 4 is 6.29 Å². The number of carbonyl (C=O) groups excluding carboxylic acids is 1. The number of ether oxygens (including phenoxy) is 2. The first-order chi connectivity index (χ1) is 13.8. The molecule has 0 aliphatic rings. The molecule has 0 rings (SSSR count). The van der Waals surface area contributed by atoms with Crippen LogP contribution in [0.5, 0.6) is 0 Å². The van der Waals surface area contributed by atoms with Crippen molar-refractivity contribution in [1.29, 1.82) is 0 Å². The highest BCUT2D eigenvalue weighted by molar-refractivity contribution is 5.48. The van der Waals surface area contributed by atoms with E-state index >= 15 is 0 Å². The topological polar surface area (TPSA) is 55.8 Å². The molecule has 168 valence electrons. The zero-order valence-electron chi connectivity index (χ0n) is 18.7. The van der Waals surface area contributed by atoms with Gasteiger partial charge in [0.05, 0.1) is 13.2 Å². The number of aliphatic hydroxyl groups is 1. The maximum atomic E-state index is 10.2. The molecule has 0 aliphatic heterocycles. The first kappa shape index (κ1) is 27.5. The van der Waals surface area contributed by atoms with E-state index in [1.165, 1.54) is 83.5 Å². The zero-order chi connectivity index (χ0) is 20.5. The molecule has 0 aromatic carbocycles. The molecule has 0 bridgehead atoms. The number of aldehydes is 1. The first-order valence-corrected chi connectivity index (χ1v) is 12.1. The molecule has 4 nitrogen and oxygen atoms in total. The molecule has 0 fully saturated rings. The molecule has 0 radical (unpaired) electrons. The Morgan fingerprint density at radius 3 is 1.71 bits per heavy atom. The number of hydrogen-bond acceptors (Lipinski definition) is 4. The Labute approximate surface area is 174 Å². The van der Waals surface area contributed by atoms with E-state index in [4.69, 9.17) is 9.47 Å². The molecule has 4 heteroatoms. The fourth-order valence-corrected chi connectivity index (χ4v) is 3.35. The van der Waals surface area contributed by atoms with E-state index in [1.54, 1.807) is 0 Å². The minimum absolute atomic E-state index is 0.00752. The van der Waals surface area contributed by atoms with E-state index in [0.717, 1.165) is 32.2 Å². The molecule has 1 N–H and O–H groups in total. The monoisotopic (exact) mass is 400 g/mol. The third-order valence-electron chi connectivity index (χ3n) is 5.22. The molecule has 0 amide bonds. The van der Waals surface area contributed by atoms with Gasteiger partial charge in [-0.05, 0) is 19.3 Å².